The zero-order valence-electron chi connectivity index (χ0n) is 7.33. The van der Waals surface area contributed by atoms with E-state index in [1.165, 1.54) is 12.8 Å². The molecule has 0 radical (unpaired) electrons. The Hall–Kier alpha value is -0.750. The summed E-state index contributed by atoms with van der Waals surface area (Å²) in [5, 5.41) is 4.27. The summed E-state index contributed by atoms with van der Waals surface area (Å²) < 4.78 is 2.92. The van der Waals surface area contributed by atoms with Gasteiger partial charge in [-0.3, -0.25) is 4.68 Å². The molecule has 1 aromatic heterocycles. The van der Waals surface area contributed by atoms with E-state index in [1.807, 2.05) is 10.9 Å². The molecule has 1 aliphatic rings. The number of halogens is 1. The second-order valence-electron chi connectivity index (χ2n) is 3.49. The molecule has 0 N–H and O–H groups in total. The van der Waals surface area contributed by atoms with Gasteiger partial charge in [-0.1, -0.05) is 5.92 Å². The van der Waals surface area contributed by atoms with Gasteiger partial charge in [0.2, 0.25) is 0 Å². The Bertz CT molecular complexity index is 342. The van der Waals surface area contributed by atoms with E-state index in [0.29, 0.717) is 0 Å². The lowest BCUT2D eigenvalue weighted by atomic mass is 10.00. The Labute approximate surface area is 86.5 Å². The minimum Gasteiger partial charge on any atom is -0.253 e. The maximum absolute atomic E-state index is 5.58. The molecule has 68 valence electrons. The molecule has 0 amide bonds. The Morgan fingerprint density at radius 3 is 2.69 bits per heavy atom. The van der Waals surface area contributed by atoms with E-state index in [2.05, 4.69) is 26.9 Å². The van der Waals surface area contributed by atoms with Gasteiger partial charge < -0.3 is 0 Å². The Balaban J connectivity index is 2.37. The summed E-state index contributed by atoms with van der Waals surface area (Å²) in [4.78, 5) is 0. The largest absolute Gasteiger partial charge is 0.253 e. The predicted molar refractivity (Wildman–Crippen MR) is 55.2 cm³/mol. The van der Waals surface area contributed by atoms with Crippen LogP contribution < -0.4 is 0 Å². The third-order valence-corrected chi connectivity index (χ3v) is 3.10. The summed E-state index contributed by atoms with van der Waals surface area (Å²) in [6, 6.07) is 0. The number of hydrogen-bond donors (Lipinski definition) is 0. The van der Waals surface area contributed by atoms with Crippen molar-refractivity contribution in [2.45, 2.75) is 31.2 Å². The van der Waals surface area contributed by atoms with Crippen LogP contribution in [-0.2, 0) is 5.54 Å². The fourth-order valence-electron chi connectivity index (χ4n) is 1.93. The normalized spacial score (nSPS) is 20.0. The number of rotatable bonds is 1. The molecule has 1 saturated carbocycles. The van der Waals surface area contributed by atoms with Crippen molar-refractivity contribution in [2.24, 2.45) is 0 Å². The number of hydrogen-bond acceptors (Lipinski definition) is 1. The highest BCUT2D eigenvalue weighted by molar-refractivity contribution is 9.10. The molecule has 3 heteroatoms. The zero-order valence-corrected chi connectivity index (χ0v) is 8.92. The Morgan fingerprint density at radius 2 is 2.23 bits per heavy atom. The first-order valence-corrected chi connectivity index (χ1v) is 5.25. The van der Waals surface area contributed by atoms with Crippen molar-refractivity contribution < 1.29 is 0 Å². The SMILES string of the molecule is C#CC1(n2cc(Br)cn2)CCCC1. The maximum atomic E-state index is 5.58. The first kappa shape index (κ1) is 8.83. The first-order chi connectivity index (χ1) is 6.27. The monoisotopic (exact) mass is 238 g/mol. The van der Waals surface area contributed by atoms with E-state index in [4.69, 9.17) is 6.42 Å². The van der Waals surface area contributed by atoms with Gasteiger partial charge in [0.05, 0.1) is 10.7 Å². The standard InChI is InChI=1S/C10H11BrN2/c1-2-10(5-3-4-6-10)13-8-9(11)7-12-13/h1,7-8H,3-6H2. The molecule has 1 heterocycles. The van der Waals surface area contributed by atoms with Gasteiger partial charge in [0, 0.05) is 6.20 Å². The van der Waals surface area contributed by atoms with E-state index in [0.717, 1.165) is 17.3 Å². The molecule has 0 bridgehead atoms. The van der Waals surface area contributed by atoms with Crippen LogP contribution in [0.3, 0.4) is 0 Å². The summed E-state index contributed by atoms with van der Waals surface area (Å²) in [5.41, 5.74) is -0.147. The van der Waals surface area contributed by atoms with Crippen molar-refractivity contribution in [1.29, 1.82) is 0 Å². The molecule has 2 nitrogen and oxygen atoms in total. The summed E-state index contributed by atoms with van der Waals surface area (Å²) >= 11 is 3.38. The summed E-state index contributed by atoms with van der Waals surface area (Å²) in [6.07, 6.45) is 13.9. The van der Waals surface area contributed by atoms with Crippen molar-refractivity contribution in [3.8, 4) is 12.3 Å². The maximum Gasteiger partial charge on any atom is 0.122 e. The second kappa shape index (κ2) is 3.19. The fraction of sp³-hybridized carbons (Fsp3) is 0.500. The van der Waals surface area contributed by atoms with Gasteiger partial charge in [-0.05, 0) is 41.6 Å². The molecule has 0 atom stereocenters. The van der Waals surface area contributed by atoms with Crippen LogP contribution in [0.25, 0.3) is 0 Å². The van der Waals surface area contributed by atoms with Crippen molar-refractivity contribution in [2.75, 3.05) is 0 Å². The van der Waals surface area contributed by atoms with Crippen molar-refractivity contribution in [1.82, 2.24) is 9.78 Å². The minimum atomic E-state index is -0.147. The number of nitrogens with zero attached hydrogens (tertiary/aromatic N) is 2. The van der Waals surface area contributed by atoms with Crippen LogP contribution in [0.1, 0.15) is 25.7 Å². The molecule has 2 rings (SSSR count). The summed E-state index contributed by atoms with van der Waals surface area (Å²) in [6.45, 7) is 0. The van der Waals surface area contributed by atoms with Crippen LogP contribution in [-0.4, -0.2) is 9.78 Å². The predicted octanol–water partition coefficient (Wildman–Crippen LogP) is 2.55. The summed E-state index contributed by atoms with van der Waals surface area (Å²) in [7, 11) is 0. The molecule has 0 aliphatic heterocycles. The molecule has 1 fully saturated rings. The summed E-state index contributed by atoms with van der Waals surface area (Å²) in [5.74, 6) is 2.89. The molecular weight excluding hydrogens is 228 g/mol. The first-order valence-electron chi connectivity index (χ1n) is 4.45. The van der Waals surface area contributed by atoms with Crippen molar-refractivity contribution >= 4 is 15.9 Å². The third kappa shape index (κ3) is 1.40. The van der Waals surface area contributed by atoms with Gasteiger partial charge in [-0.15, -0.1) is 6.42 Å². The van der Waals surface area contributed by atoms with E-state index < -0.39 is 0 Å². The smallest absolute Gasteiger partial charge is 0.122 e. The number of terminal acetylenes is 1. The van der Waals surface area contributed by atoms with Crippen LogP contribution in [0, 0.1) is 12.3 Å². The average molecular weight is 239 g/mol. The molecule has 1 aromatic rings. The average Bonchev–Trinajstić information content (AvgIpc) is 2.73. The lowest BCUT2D eigenvalue weighted by Crippen LogP contribution is -2.28. The highest BCUT2D eigenvalue weighted by Crippen LogP contribution is 2.35. The second-order valence-corrected chi connectivity index (χ2v) is 4.40. The van der Waals surface area contributed by atoms with Gasteiger partial charge in [-0.25, -0.2) is 0 Å². The molecule has 0 aromatic carbocycles. The lowest BCUT2D eigenvalue weighted by molar-refractivity contribution is 0.360. The highest BCUT2D eigenvalue weighted by atomic mass is 79.9. The van der Waals surface area contributed by atoms with Gasteiger partial charge in [0.25, 0.3) is 0 Å². The molecule has 0 spiro atoms. The fourth-order valence-corrected chi connectivity index (χ4v) is 2.22. The van der Waals surface area contributed by atoms with E-state index in [-0.39, 0.29) is 5.54 Å². The van der Waals surface area contributed by atoms with Crippen LogP contribution in [0.4, 0.5) is 0 Å². The van der Waals surface area contributed by atoms with Crippen LogP contribution in [0.5, 0.6) is 0 Å². The van der Waals surface area contributed by atoms with E-state index in [9.17, 15) is 0 Å². The van der Waals surface area contributed by atoms with Gasteiger partial charge in [-0.2, -0.15) is 5.10 Å². The van der Waals surface area contributed by atoms with Crippen LogP contribution in [0.15, 0.2) is 16.9 Å². The molecule has 1 aliphatic carbocycles. The van der Waals surface area contributed by atoms with Crippen molar-refractivity contribution in [3.05, 3.63) is 16.9 Å². The molecule has 0 saturated heterocycles. The number of aromatic nitrogens is 2. The quantitative estimate of drug-likeness (QED) is 0.688. The topological polar surface area (TPSA) is 17.8 Å². The van der Waals surface area contributed by atoms with Gasteiger partial charge in [0.1, 0.15) is 5.54 Å². The van der Waals surface area contributed by atoms with Gasteiger partial charge in [0.15, 0.2) is 0 Å². The van der Waals surface area contributed by atoms with Gasteiger partial charge >= 0.3 is 0 Å². The highest BCUT2D eigenvalue weighted by Gasteiger charge is 2.34. The lowest BCUT2D eigenvalue weighted by Gasteiger charge is -2.22. The Kier molecular flexibility index (Phi) is 2.17. The van der Waals surface area contributed by atoms with E-state index in [1.54, 1.807) is 6.20 Å². The van der Waals surface area contributed by atoms with Crippen LogP contribution >= 0.6 is 15.9 Å². The van der Waals surface area contributed by atoms with E-state index >= 15 is 0 Å². The van der Waals surface area contributed by atoms with Crippen LogP contribution in [0.2, 0.25) is 0 Å². The Morgan fingerprint density at radius 1 is 1.54 bits per heavy atom. The third-order valence-electron chi connectivity index (χ3n) is 2.69. The minimum absolute atomic E-state index is 0.147. The molecule has 13 heavy (non-hydrogen) atoms. The zero-order chi connectivity index (χ0) is 9.31. The molecule has 0 unspecified atom stereocenters. The van der Waals surface area contributed by atoms with Crippen molar-refractivity contribution in [3.63, 3.8) is 0 Å². The molecular formula is C10H11BrN2.